The van der Waals surface area contributed by atoms with E-state index in [-0.39, 0.29) is 12.4 Å². The summed E-state index contributed by atoms with van der Waals surface area (Å²) in [6.07, 6.45) is 3.94. The van der Waals surface area contributed by atoms with Crippen molar-refractivity contribution < 1.29 is 0 Å². The van der Waals surface area contributed by atoms with Crippen molar-refractivity contribution in [3.05, 3.63) is 54.4 Å². The molecule has 3 rings (SSSR count). The van der Waals surface area contributed by atoms with Gasteiger partial charge in [-0.3, -0.25) is 4.98 Å². The van der Waals surface area contributed by atoms with Gasteiger partial charge < -0.3 is 4.98 Å². The van der Waals surface area contributed by atoms with Gasteiger partial charge in [0.25, 0.3) is 0 Å². The van der Waals surface area contributed by atoms with E-state index in [1.807, 2.05) is 24.4 Å². The summed E-state index contributed by atoms with van der Waals surface area (Å²) < 4.78 is 0. The minimum absolute atomic E-state index is 0. The van der Waals surface area contributed by atoms with Crippen molar-refractivity contribution in [2.45, 2.75) is 19.8 Å². The van der Waals surface area contributed by atoms with Crippen LogP contribution in [0.1, 0.15) is 25.3 Å². The third kappa shape index (κ3) is 2.49. The van der Waals surface area contributed by atoms with Crippen LogP contribution in [0.5, 0.6) is 0 Å². The fourth-order valence-corrected chi connectivity index (χ4v) is 2.32. The number of nitrogens with zero attached hydrogens (tertiary/aromatic N) is 1. The number of hydrogen-bond acceptors (Lipinski definition) is 1. The van der Waals surface area contributed by atoms with Crippen LogP contribution >= 0.6 is 12.4 Å². The lowest BCUT2D eigenvalue weighted by molar-refractivity contribution is 0.875. The molecule has 1 N–H and O–H groups in total. The average molecular weight is 273 g/mol. The van der Waals surface area contributed by atoms with Gasteiger partial charge in [-0.05, 0) is 29.7 Å². The lowest BCUT2D eigenvalue weighted by Crippen LogP contribution is -1.85. The predicted octanol–water partition coefficient (Wildman–Crippen LogP) is 4.78. The average Bonchev–Trinajstić information content (AvgIpc) is 2.82. The van der Waals surface area contributed by atoms with E-state index in [4.69, 9.17) is 0 Å². The minimum Gasteiger partial charge on any atom is -0.361 e. The SMILES string of the molecule is CC(C)c1c[nH]c2cc(-c3ccccn3)ccc12.Cl. The van der Waals surface area contributed by atoms with Crippen LogP contribution in [0, 0.1) is 0 Å². The number of H-pyrrole nitrogens is 1. The molecular formula is C16H17ClN2. The summed E-state index contributed by atoms with van der Waals surface area (Å²) in [6, 6.07) is 12.5. The van der Waals surface area contributed by atoms with Gasteiger partial charge in [0.05, 0.1) is 5.69 Å². The summed E-state index contributed by atoms with van der Waals surface area (Å²) in [5.74, 6) is 0.541. The molecule has 0 atom stereocenters. The van der Waals surface area contributed by atoms with E-state index in [1.165, 1.54) is 16.5 Å². The van der Waals surface area contributed by atoms with Crippen molar-refractivity contribution in [3.63, 3.8) is 0 Å². The number of fused-ring (bicyclic) bond motifs is 1. The maximum absolute atomic E-state index is 4.38. The van der Waals surface area contributed by atoms with Gasteiger partial charge in [-0.2, -0.15) is 0 Å². The molecule has 0 aliphatic rings. The number of pyridine rings is 1. The van der Waals surface area contributed by atoms with Gasteiger partial charge in [0, 0.05) is 28.9 Å². The Balaban J connectivity index is 0.00000133. The third-order valence-electron chi connectivity index (χ3n) is 3.30. The number of benzene rings is 1. The van der Waals surface area contributed by atoms with E-state index in [9.17, 15) is 0 Å². The van der Waals surface area contributed by atoms with Crippen molar-refractivity contribution in [2.75, 3.05) is 0 Å². The molecule has 3 heteroatoms. The maximum atomic E-state index is 4.38. The first-order valence-corrected chi connectivity index (χ1v) is 6.28. The Morgan fingerprint density at radius 2 is 1.95 bits per heavy atom. The number of nitrogens with one attached hydrogen (secondary N) is 1. The molecule has 98 valence electrons. The van der Waals surface area contributed by atoms with Crippen LogP contribution in [-0.2, 0) is 0 Å². The largest absolute Gasteiger partial charge is 0.361 e. The molecule has 1 aromatic carbocycles. The topological polar surface area (TPSA) is 28.7 Å². The Labute approximate surface area is 119 Å². The second kappa shape index (κ2) is 5.45. The molecule has 2 aromatic heterocycles. The monoisotopic (exact) mass is 272 g/mol. The smallest absolute Gasteiger partial charge is 0.0702 e. The summed E-state index contributed by atoms with van der Waals surface area (Å²) in [5, 5.41) is 1.31. The van der Waals surface area contributed by atoms with Crippen LogP contribution in [0.3, 0.4) is 0 Å². The van der Waals surface area contributed by atoms with Gasteiger partial charge in [-0.15, -0.1) is 12.4 Å². The Bertz CT molecular complexity index is 672. The Morgan fingerprint density at radius 1 is 1.11 bits per heavy atom. The van der Waals surface area contributed by atoms with Crippen LogP contribution in [0.15, 0.2) is 48.8 Å². The summed E-state index contributed by atoms with van der Waals surface area (Å²) in [7, 11) is 0. The van der Waals surface area contributed by atoms with E-state index in [1.54, 1.807) is 0 Å². The number of halogens is 1. The van der Waals surface area contributed by atoms with Gasteiger partial charge in [-0.1, -0.05) is 32.0 Å². The second-order valence-corrected chi connectivity index (χ2v) is 4.87. The Morgan fingerprint density at radius 3 is 2.63 bits per heavy atom. The van der Waals surface area contributed by atoms with Crippen molar-refractivity contribution in [2.24, 2.45) is 0 Å². The zero-order valence-electron chi connectivity index (χ0n) is 11.1. The fourth-order valence-electron chi connectivity index (χ4n) is 2.32. The minimum atomic E-state index is 0. The lowest BCUT2D eigenvalue weighted by Gasteiger charge is -2.04. The van der Waals surface area contributed by atoms with E-state index in [0.29, 0.717) is 5.92 Å². The molecule has 2 heterocycles. The predicted molar refractivity (Wildman–Crippen MR) is 82.9 cm³/mol. The lowest BCUT2D eigenvalue weighted by atomic mass is 10.0. The zero-order chi connectivity index (χ0) is 12.5. The van der Waals surface area contributed by atoms with Crippen LogP contribution in [0.2, 0.25) is 0 Å². The van der Waals surface area contributed by atoms with Gasteiger partial charge in [0.2, 0.25) is 0 Å². The van der Waals surface area contributed by atoms with E-state index < -0.39 is 0 Å². The summed E-state index contributed by atoms with van der Waals surface area (Å²) in [6.45, 7) is 4.44. The molecule has 2 nitrogen and oxygen atoms in total. The Hall–Kier alpha value is -1.80. The first kappa shape index (κ1) is 13.6. The number of rotatable bonds is 2. The first-order valence-electron chi connectivity index (χ1n) is 6.28. The standard InChI is InChI=1S/C16H16N2.ClH/c1-11(2)14-10-18-16-9-12(6-7-13(14)16)15-5-3-4-8-17-15;/h3-11,18H,1-2H3;1H. The van der Waals surface area contributed by atoms with Crippen LogP contribution in [0.4, 0.5) is 0 Å². The van der Waals surface area contributed by atoms with Crippen LogP contribution in [-0.4, -0.2) is 9.97 Å². The van der Waals surface area contributed by atoms with Crippen LogP contribution in [0.25, 0.3) is 22.2 Å². The van der Waals surface area contributed by atoms with Gasteiger partial charge in [0.15, 0.2) is 0 Å². The Kier molecular flexibility index (Phi) is 3.91. The molecule has 0 amide bonds. The van der Waals surface area contributed by atoms with Gasteiger partial charge >= 0.3 is 0 Å². The van der Waals surface area contributed by atoms with Crippen molar-refractivity contribution in [1.29, 1.82) is 0 Å². The molecule has 19 heavy (non-hydrogen) atoms. The second-order valence-electron chi connectivity index (χ2n) is 4.87. The molecule has 0 aliphatic heterocycles. The highest BCUT2D eigenvalue weighted by Gasteiger charge is 2.08. The molecule has 0 aliphatic carbocycles. The molecule has 0 saturated carbocycles. The fraction of sp³-hybridized carbons (Fsp3) is 0.188. The summed E-state index contributed by atoms with van der Waals surface area (Å²) >= 11 is 0. The van der Waals surface area contributed by atoms with Crippen LogP contribution < -0.4 is 0 Å². The highest BCUT2D eigenvalue weighted by atomic mass is 35.5. The normalized spacial score (nSPS) is 10.7. The van der Waals surface area contributed by atoms with E-state index in [0.717, 1.165) is 11.3 Å². The summed E-state index contributed by atoms with van der Waals surface area (Å²) in [5.41, 5.74) is 4.72. The van der Waals surface area contributed by atoms with E-state index >= 15 is 0 Å². The number of hydrogen-bond donors (Lipinski definition) is 1. The van der Waals surface area contributed by atoms with Gasteiger partial charge in [-0.25, -0.2) is 0 Å². The first-order chi connectivity index (χ1) is 8.75. The number of aromatic amines is 1. The summed E-state index contributed by atoms with van der Waals surface area (Å²) in [4.78, 5) is 7.74. The highest BCUT2D eigenvalue weighted by Crippen LogP contribution is 2.28. The molecule has 3 aromatic rings. The molecule has 0 bridgehead atoms. The third-order valence-corrected chi connectivity index (χ3v) is 3.30. The molecule has 0 radical (unpaired) electrons. The quantitative estimate of drug-likeness (QED) is 0.715. The molecule has 0 saturated heterocycles. The molecule has 0 spiro atoms. The molecule has 0 unspecified atom stereocenters. The van der Waals surface area contributed by atoms with Crippen molar-refractivity contribution >= 4 is 23.3 Å². The van der Waals surface area contributed by atoms with E-state index in [2.05, 4.69) is 48.2 Å². The maximum Gasteiger partial charge on any atom is 0.0702 e. The number of aromatic nitrogens is 2. The molecule has 0 fully saturated rings. The van der Waals surface area contributed by atoms with Gasteiger partial charge in [0.1, 0.15) is 0 Å². The zero-order valence-corrected chi connectivity index (χ0v) is 11.9. The van der Waals surface area contributed by atoms with Crippen molar-refractivity contribution in [3.8, 4) is 11.3 Å². The van der Waals surface area contributed by atoms with Crippen molar-refractivity contribution in [1.82, 2.24) is 9.97 Å². The molecular weight excluding hydrogens is 256 g/mol. The highest BCUT2D eigenvalue weighted by molar-refractivity contribution is 5.87.